The molecular weight excluding hydrogens is 364 g/mol. The van der Waals surface area contributed by atoms with E-state index in [0.29, 0.717) is 32.7 Å². The fraction of sp³-hybridized carbons (Fsp3) is 0.350. The highest BCUT2D eigenvalue weighted by Gasteiger charge is 2.30. The minimum atomic E-state index is -3.81. The Morgan fingerprint density at radius 2 is 1.81 bits per heavy atom. The fourth-order valence-corrected chi connectivity index (χ4v) is 4.36. The van der Waals surface area contributed by atoms with Crippen molar-refractivity contribution < 1.29 is 17.9 Å². The summed E-state index contributed by atoms with van der Waals surface area (Å²) in [6, 6.07) is 15.2. The summed E-state index contributed by atoms with van der Waals surface area (Å²) in [6.07, 6.45) is 0.294. The van der Waals surface area contributed by atoms with E-state index in [2.05, 4.69) is 4.72 Å². The van der Waals surface area contributed by atoms with Gasteiger partial charge in [0, 0.05) is 13.1 Å². The number of morpholine rings is 1. The van der Waals surface area contributed by atoms with Crippen molar-refractivity contribution in [3.8, 4) is 0 Å². The van der Waals surface area contributed by atoms with Crippen LogP contribution >= 0.6 is 0 Å². The summed E-state index contributed by atoms with van der Waals surface area (Å²) in [7, 11) is -3.81. The largest absolute Gasteiger partial charge is 0.378 e. The molecule has 0 bridgehead atoms. The van der Waals surface area contributed by atoms with Crippen molar-refractivity contribution in [3.63, 3.8) is 0 Å². The summed E-state index contributed by atoms with van der Waals surface area (Å²) in [5.41, 5.74) is 1.74. The topological polar surface area (TPSA) is 75.7 Å². The van der Waals surface area contributed by atoms with Crippen molar-refractivity contribution in [1.29, 1.82) is 0 Å². The maximum absolute atomic E-state index is 13.0. The maximum Gasteiger partial charge on any atom is 0.241 e. The summed E-state index contributed by atoms with van der Waals surface area (Å²) in [4.78, 5) is 14.8. The van der Waals surface area contributed by atoms with Gasteiger partial charge in [-0.05, 0) is 36.6 Å². The number of rotatable bonds is 6. The first-order valence-corrected chi connectivity index (χ1v) is 10.4. The molecule has 1 saturated heterocycles. The lowest BCUT2D eigenvalue weighted by molar-refractivity contribution is -0.137. The van der Waals surface area contributed by atoms with Gasteiger partial charge in [0.2, 0.25) is 15.9 Å². The molecule has 6 nitrogen and oxygen atoms in total. The maximum atomic E-state index is 13.0. The third-order valence-corrected chi connectivity index (χ3v) is 5.97. The van der Waals surface area contributed by atoms with Crippen LogP contribution in [0.1, 0.15) is 11.1 Å². The lowest BCUT2D eigenvalue weighted by Crippen LogP contribution is -2.52. The van der Waals surface area contributed by atoms with Gasteiger partial charge in [-0.3, -0.25) is 4.79 Å². The molecule has 0 spiro atoms. The minimum Gasteiger partial charge on any atom is -0.378 e. The van der Waals surface area contributed by atoms with E-state index >= 15 is 0 Å². The van der Waals surface area contributed by atoms with Crippen LogP contribution in [0.4, 0.5) is 0 Å². The number of amides is 1. The minimum absolute atomic E-state index is 0.162. The normalized spacial score (nSPS) is 16.1. The summed E-state index contributed by atoms with van der Waals surface area (Å²) in [6.45, 7) is 3.70. The highest BCUT2D eigenvalue weighted by atomic mass is 32.2. The number of nitrogens with zero attached hydrogens (tertiary/aromatic N) is 1. The van der Waals surface area contributed by atoms with Gasteiger partial charge < -0.3 is 9.64 Å². The number of sulfonamides is 1. The van der Waals surface area contributed by atoms with Gasteiger partial charge in [-0.15, -0.1) is 0 Å². The molecule has 1 aliphatic heterocycles. The molecule has 0 aromatic heterocycles. The number of benzene rings is 2. The molecule has 27 heavy (non-hydrogen) atoms. The number of carbonyl (C=O) groups is 1. The van der Waals surface area contributed by atoms with E-state index in [-0.39, 0.29) is 10.8 Å². The number of carbonyl (C=O) groups excluding carboxylic acids is 1. The van der Waals surface area contributed by atoms with Gasteiger partial charge in [0.05, 0.1) is 18.1 Å². The number of ether oxygens (including phenoxy) is 1. The standard InChI is InChI=1S/C20H24N2O4S/c1-16-6-5-9-18(14-16)27(24,25)21-19(15-17-7-3-2-4-8-17)20(23)22-10-12-26-13-11-22/h2-9,14,19,21H,10-13,15H2,1H3/t19-/m0/s1. The van der Waals surface area contributed by atoms with Gasteiger partial charge in [0.15, 0.2) is 0 Å². The summed E-state index contributed by atoms with van der Waals surface area (Å²) in [5.74, 6) is -0.224. The van der Waals surface area contributed by atoms with Crippen LogP contribution in [0, 0.1) is 6.92 Å². The zero-order valence-corrected chi connectivity index (χ0v) is 16.1. The Balaban J connectivity index is 1.85. The molecule has 0 unspecified atom stereocenters. The Morgan fingerprint density at radius 3 is 2.48 bits per heavy atom. The van der Waals surface area contributed by atoms with Crippen molar-refractivity contribution in [1.82, 2.24) is 9.62 Å². The van der Waals surface area contributed by atoms with Crippen LogP contribution in [0.25, 0.3) is 0 Å². The molecule has 1 atom stereocenters. The predicted octanol–water partition coefficient (Wildman–Crippen LogP) is 1.74. The summed E-state index contributed by atoms with van der Waals surface area (Å²) in [5, 5.41) is 0. The van der Waals surface area contributed by atoms with E-state index < -0.39 is 16.1 Å². The third kappa shape index (κ3) is 5.15. The zero-order valence-electron chi connectivity index (χ0n) is 15.3. The monoisotopic (exact) mass is 388 g/mol. The molecule has 1 fully saturated rings. The molecular formula is C20H24N2O4S. The van der Waals surface area contributed by atoms with Crippen LogP contribution in [0.2, 0.25) is 0 Å². The van der Waals surface area contributed by atoms with Crippen molar-refractivity contribution in [3.05, 3.63) is 65.7 Å². The zero-order chi connectivity index (χ0) is 19.3. The molecule has 0 saturated carbocycles. The Hall–Kier alpha value is -2.22. The molecule has 1 N–H and O–H groups in total. The van der Waals surface area contributed by atoms with E-state index in [1.807, 2.05) is 43.3 Å². The Labute approximate surface area is 160 Å². The van der Waals surface area contributed by atoms with Crippen molar-refractivity contribution in [2.45, 2.75) is 24.3 Å². The van der Waals surface area contributed by atoms with Crippen LogP contribution in [0.5, 0.6) is 0 Å². The van der Waals surface area contributed by atoms with Gasteiger partial charge >= 0.3 is 0 Å². The molecule has 7 heteroatoms. The Morgan fingerprint density at radius 1 is 1.11 bits per heavy atom. The van der Waals surface area contributed by atoms with Gasteiger partial charge in [-0.2, -0.15) is 4.72 Å². The first-order valence-electron chi connectivity index (χ1n) is 8.95. The lowest BCUT2D eigenvalue weighted by atomic mass is 10.1. The number of hydrogen-bond acceptors (Lipinski definition) is 4. The SMILES string of the molecule is Cc1cccc(S(=O)(=O)N[C@@H](Cc2ccccc2)C(=O)N2CCOCC2)c1. The van der Waals surface area contributed by atoms with Crippen LogP contribution in [0.3, 0.4) is 0 Å². The van der Waals surface area contributed by atoms with Crippen LogP contribution in [0.15, 0.2) is 59.5 Å². The molecule has 3 rings (SSSR count). The summed E-state index contributed by atoms with van der Waals surface area (Å²) >= 11 is 0. The van der Waals surface area contributed by atoms with Gasteiger partial charge in [-0.1, -0.05) is 42.5 Å². The Kier molecular flexibility index (Phi) is 6.26. The average Bonchev–Trinajstić information content (AvgIpc) is 2.68. The van der Waals surface area contributed by atoms with Crippen molar-refractivity contribution >= 4 is 15.9 Å². The van der Waals surface area contributed by atoms with Crippen molar-refractivity contribution in [2.24, 2.45) is 0 Å². The van der Waals surface area contributed by atoms with E-state index in [4.69, 9.17) is 4.74 Å². The first kappa shape index (κ1) is 19.5. The second kappa shape index (κ2) is 8.65. The molecule has 0 aliphatic carbocycles. The number of nitrogens with one attached hydrogen (secondary N) is 1. The molecule has 0 radical (unpaired) electrons. The number of hydrogen-bond donors (Lipinski definition) is 1. The van der Waals surface area contributed by atoms with Gasteiger partial charge in [-0.25, -0.2) is 8.42 Å². The van der Waals surface area contributed by atoms with E-state index in [0.717, 1.165) is 11.1 Å². The molecule has 1 amide bonds. The second-order valence-corrected chi connectivity index (χ2v) is 8.33. The van der Waals surface area contributed by atoms with E-state index in [1.54, 1.807) is 17.0 Å². The quantitative estimate of drug-likeness (QED) is 0.818. The van der Waals surface area contributed by atoms with Crippen molar-refractivity contribution in [2.75, 3.05) is 26.3 Å². The van der Waals surface area contributed by atoms with Crippen LogP contribution in [-0.2, 0) is 26.0 Å². The molecule has 2 aromatic rings. The second-order valence-electron chi connectivity index (χ2n) is 6.62. The molecule has 144 valence electrons. The predicted molar refractivity (Wildman–Crippen MR) is 103 cm³/mol. The lowest BCUT2D eigenvalue weighted by Gasteiger charge is -2.30. The molecule has 2 aromatic carbocycles. The molecule has 1 heterocycles. The van der Waals surface area contributed by atoms with E-state index in [9.17, 15) is 13.2 Å². The van der Waals surface area contributed by atoms with Gasteiger partial charge in [0.1, 0.15) is 6.04 Å². The number of aryl methyl sites for hydroxylation is 1. The highest BCUT2D eigenvalue weighted by Crippen LogP contribution is 2.14. The van der Waals surface area contributed by atoms with Gasteiger partial charge in [0.25, 0.3) is 0 Å². The third-order valence-electron chi connectivity index (χ3n) is 4.50. The fourth-order valence-electron chi connectivity index (χ4n) is 3.07. The Bertz CT molecular complexity index is 878. The van der Waals surface area contributed by atoms with Crippen LogP contribution in [-0.4, -0.2) is 51.6 Å². The highest BCUT2D eigenvalue weighted by molar-refractivity contribution is 7.89. The first-order chi connectivity index (χ1) is 13.0. The smallest absolute Gasteiger partial charge is 0.241 e. The average molecular weight is 388 g/mol. The summed E-state index contributed by atoms with van der Waals surface area (Å²) < 4.78 is 33.7. The van der Waals surface area contributed by atoms with Crippen LogP contribution < -0.4 is 4.72 Å². The van der Waals surface area contributed by atoms with E-state index in [1.165, 1.54) is 6.07 Å². The molecule has 1 aliphatic rings.